The van der Waals surface area contributed by atoms with Crippen LogP contribution in [0.3, 0.4) is 0 Å². The van der Waals surface area contributed by atoms with Gasteiger partial charge in [0, 0.05) is 12.3 Å². The lowest BCUT2D eigenvalue weighted by molar-refractivity contribution is 0.844. The van der Waals surface area contributed by atoms with Gasteiger partial charge in [-0.25, -0.2) is 0 Å². The van der Waals surface area contributed by atoms with E-state index in [4.69, 9.17) is 0 Å². The fourth-order valence-electron chi connectivity index (χ4n) is 1.88. The van der Waals surface area contributed by atoms with Crippen LogP contribution in [0.5, 0.6) is 0 Å². The molecule has 0 bridgehead atoms. The molecule has 0 aromatic heterocycles. The van der Waals surface area contributed by atoms with Gasteiger partial charge < -0.3 is 0 Å². The molecule has 0 amide bonds. The Kier molecular flexibility index (Phi) is 2.17. The van der Waals surface area contributed by atoms with E-state index in [2.05, 4.69) is 37.0 Å². The van der Waals surface area contributed by atoms with Crippen LogP contribution in [0.4, 0.5) is 0 Å². The lowest BCUT2D eigenvalue weighted by Gasteiger charge is -2.06. The van der Waals surface area contributed by atoms with Crippen molar-refractivity contribution in [1.29, 1.82) is 0 Å². The predicted octanol–water partition coefficient (Wildman–Crippen LogP) is 2.75. The summed E-state index contributed by atoms with van der Waals surface area (Å²) in [6, 6.07) is 6.66. The van der Waals surface area contributed by atoms with E-state index in [0.29, 0.717) is 0 Å². The van der Waals surface area contributed by atoms with Crippen molar-refractivity contribution in [3.05, 3.63) is 34.9 Å². The van der Waals surface area contributed by atoms with E-state index in [1.54, 1.807) is 0 Å². The lowest BCUT2D eigenvalue weighted by atomic mass is 9.99. The van der Waals surface area contributed by atoms with Gasteiger partial charge in [0.05, 0.1) is 0 Å². The molecule has 0 aliphatic carbocycles. The van der Waals surface area contributed by atoms with Crippen LogP contribution in [0.15, 0.2) is 23.2 Å². The first-order chi connectivity index (χ1) is 6.27. The van der Waals surface area contributed by atoms with Crippen molar-refractivity contribution in [2.75, 3.05) is 6.54 Å². The van der Waals surface area contributed by atoms with Crippen LogP contribution in [-0.2, 0) is 6.42 Å². The van der Waals surface area contributed by atoms with Crippen molar-refractivity contribution in [3.8, 4) is 0 Å². The second-order valence-corrected chi connectivity index (χ2v) is 3.73. The van der Waals surface area contributed by atoms with Gasteiger partial charge in [0.15, 0.2) is 0 Å². The summed E-state index contributed by atoms with van der Waals surface area (Å²) in [5.41, 5.74) is 5.38. The van der Waals surface area contributed by atoms with Gasteiger partial charge in [0.1, 0.15) is 0 Å². The quantitative estimate of drug-likeness (QED) is 0.572. The smallest absolute Gasteiger partial charge is 0.0395 e. The number of rotatable bonds is 0. The van der Waals surface area contributed by atoms with E-state index >= 15 is 0 Å². The third-order valence-electron chi connectivity index (χ3n) is 2.60. The van der Waals surface area contributed by atoms with Gasteiger partial charge in [-0.3, -0.25) is 4.99 Å². The second-order valence-electron chi connectivity index (χ2n) is 3.73. The van der Waals surface area contributed by atoms with Crippen molar-refractivity contribution in [2.45, 2.75) is 26.7 Å². The van der Waals surface area contributed by atoms with Crippen molar-refractivity contribution >= 4 is 5.71 Å². The number of hydrogen-bond acceptors (Lipinski definition) is 1. The Bertz CT molecular complexity index is 350. The first kappa shape index (κ1) is 8.49. The highest BCUT2D eigenvalue weighted by atomic mass is 14.7. The van der Waals surface area contributed by atoms with Gasteiger partial charge in [0.25, 0.3) is 0 Å². The molecule has 0 radical (unpaired) electrons. The summed E-state index contributed by atoms with van der Waals surface area (Å²) in [7, 11) is 0. The third-order valence-corrected chi connectivity index (χ3v) is 2.60. The van der Waals surface area contributed by atoms with E-state index in [1.165, 1.54) is 35.2 Å². The molecule has 0 saturated carbocycles. The zero-order chi connectivity index (χ0) is 9.26. The molecule has 0 N–H and O–H groups in total. The zero-order valence-electron chi connectivity index (χ0n) is 8.30. The molecule has 0 spiro atoms. The molecule has 13 heavy (non-hydrogen) atoms. The molecule has 1 aromatic carbocycles. The molecule has 68 valence electrons. The van der Waals surface area contributed by atoms with Crippen LogP contribution in [0.2, 0.25) is 0 Å². The van der Waals surface area contributed by atoms with E-state index in [0.717, 1.165) is 6.54 Å². The molecule has 0 unspecified atom stereocenters. The molecule has 1 heterocycles. The Balaban J connectivity index is 2.52. The average Bonchev–Trinajstić information content (AvgIpc) is 2.28. The Morgan fingerprint density at radius 2 is 2.08 bits per heavy atom. The van der Waals surface area contributed by atoms with Gasteiger partial charge >= 0.3 is 0 Å². The van der Waals surface area contributed by atoms with E-state index < -0.39 is 0 Å². The Morgan fingerprint density at radius 3 is 2.92 bits per heavy atom. The van der Waals surface area contributed by atoms with E-state index in [-0.39, 0.29) is 0 Å². The number of fused-ring (bicyclic) bond motifs is 1. The van der Waals surface area contributed by atoms with E-state index in [1.807, 2.05) is 0 Å². The molecule has 1 aromatic rings. The number of hydrogen-bond donors (Lipinski definition) is 0. The number of aliphatic imine (C=N–C) groups is 1. The monoisotopic (exact) mass is 173 g/mol. The summed E-state index contributed by atoms with van der Waals surface area (Å²) in [5, 5.41) is 0. The van der Waals surface area contributed by atoms with Gasteiger partial charge in [-0.15, -0.1) is 0 Å². The number of nitrogens with zero attached hydrogens (tertiary/aromatic N) is 1. The van der Waals surface area contributed by atoms with E-state index in [9.17, 15) is 0 Å². The summed E-state index contributed by atoms with van der Waals surface area (Å²) in [6.45, 7) is 5.25. The summed E-state index contributed by atoms with van der Waals surface area (Å²) < 4.78 is 0. The molecule has 0 atom stereocenters. The molecule has 2 rings (SSSR count). The molecule has 1 aliphatic rings. The van der Waals surface area contributed by atoms with Crippen LogP contribution in [0.25, 0.3) is 0 Å². The maximum absolute atomic E-state index is 4.51. The first-order valence-corrected chi connectivity index (χ1v) is 4.88. The summed E-state index contributed by atoms with van der Waals surface area (Å²) in [5.74, 6) is 0. The SMILES string of the molecule is CC1=NCCCc2cc(C)ccc21. The second kappa shape index (κ2) is 3.33. The third kappa shape index (κ3) is 1.64. The molecule has 1 aliphatic heterocycles. The van der Waals surface area contributed by atoms with Gasteiger partial charge in [0.2, 0.25) is 0 Å². The molecule has 1 nitrogen and oxygen atoms in total. The molecule has 0 saturated heterocycles. The molecule has 0 fully saturated rings. The van der Waals surface area contributed by atoms with Crippen LogP contribution >= 0.6 is 0 Å². The first-order valence-electron chi connectivity index (χ1n) is 4.88. The maximum Gasteiger partial charge on any atom is 0.0395 e. The van der Waals surface area contributed by atoms with Crippen LogP contribution in [0.1, 0.15) is 30.0 Å². The minimum Gasteiger partial charge on any atom is -0.289 e. The largest absolute Gasteiger partial charge is 0.289 e. The standard InChI is InChI=1S/C12H15N/c1-9-5-6-12-10(2)13-7-3-4-11(12)8-9/h5-6,8H,3-4,7H2,1-2H3. The summed E-state index contributed by atoms with van der Waals surface area (Å²) in [6.07, 6.45) is 2.37. The van der Waals surface area contributed by atoms with Gasteiger partial charge in [-0.1, -0.05) is 23.8 Å². The normalized spacial score (nSPS) is 16.0. The van der Waals surface area contributed by atoms with Crippen LogP contribution < -0.4 is 0 Å². The minimum absolute atomic E-state index is 0.986. The minimum atomic E-state index is 0.986. The van der Waals surface area contributed by atoms with Crippen LogP contribution in [-0.4, -0.2) is 12.3 Å². The Hall–Kier alpha value is -1.11. The fraction of sp³-hybridized carbons (Fsp3) is 0.417. The highest BCUT2D eigenvalue weighted by Crippen LogP contribution is 2.17. The summed E-state index contributed by atoms with van der Waals surface area (Å²) in [4.78, 5) is 4.51. The zero-order valence-corrected chi connectivity index (χ0v) is 8.30. The molecule has 1 heteroatoms. The van der Waals surface area contributed by atoms with Crippen molar-refractivity contribution in [3.63, 3.8) is 0 Å². The Labute approximate surface area is 79.5 Å². The van der Waals surface area contributed by atoms with Crippen molar-refractivity contribution in [1.82, 2.24) is 0 Å². The highest BCUT2D eigenvalue weighted by Gasteiger charge is 2.08. The van der Waals surface area contributed by atoms with Crippen molar-refractivity contribution < 1.29 is 0 Å². The number of benzene rings is 1. The van der Waals surface area contributed by atoms with Crippen LogP contribution in [0, 0.1) is 6.92 Å². The highest BCUT2D eigenvalue weighted by molar-refractivity contribution is 6.00. The topological polar surface area (TPSA) is 12.4 Å². The lowest BCUT2D eigenvalue weighted by Crippen LogP contribution is -1.98. The average molecular weight is 173 g/mol. The van der Waals surface area contributed by atoms with Gasteiger partial charge in [-0.05, 0) is 37.8 Å². The van der Waals surface area contributed by atoms with Crippen molar-refractivity contribution in [2.24, 2.45) is 4.99 Å². The van der Waals surface area contributed by atoms with Gasteiger partial charge in [-0.2, -0.15) is 0 Å². The number of aryl methyl sites for hydroxylation is 2. The molecular formula is C12H15N. The Morgan fingerprint density at radius 1 is 1.23 bits per heavy atom. The molecular weight excluding hydrogens is 158 g/mol. The summed E-state index contributed by atoms with van der Waals surface area (Å²) >= 11 is 0. The maximum atomic E-state index is 4.51. The predicted molar refractivity (Wildman–Crippen MR) is 56.6 cm³/mol. The fourth-order valence-corrected chi connectivity index (χ4v) is 1.88.